The Kier molecular flexibility index (Phi) is 9.27. The Labute approximate surface area is 234 Å². The number of hydrogen-bond acceptors (Lipinski definition) is 6. The van der Waals surface area contributed by atoms with Crippen LogP contribution in [0.25, 0.3) is 0 Å². The zero-order valence-electron chi connectivity index (χ0n) is 26.0. The second-order valence-corrected chi connectivity index (χ2v) is 14.6. The molecule has 0 heterocycles. The number of rotatable bonds is 6. The third kappa shape index (κ3) is 8.48. The largest absolute Gasteiger partial charge is 0.507 e. The Morgan fingerprint density at radius 1 is 0.538 bits per heavy atom. The summed E-state index contributed by atoms with van der Waals surface area (Å²) in [7, 11) is 0. The average molecular weight is 541 g/mol. The van der Waals surface area contributed by atoms with Crippen LogP contribution < -0.4 is 0 Å². The molecule has 2 aromatic rings. The molecule has 0 spiro atoms. The van der Waals surface area contributed by atoms with E-state index in [4.69, 9.17) is 9.47 Å². The molecule has 0 fully saturated rings. The number of aromatic hydroxyl groups is 2. The van der Waals surface area contributed by atoms with Crippen molar-refractivity contribution in [3.63, 3.8) is 0 Å². The van der Waals surface area contributed by atoms with Gasteiger partial charge in [0.05, 0.1) is 0 Å². The lowest BCUT2D eigenvalue weighted by atomic mass is 9.78. The molecule has 6 heteroatoms. The van der Waals surface area contributed by atoms with E-state index in [0.29, 0.717) is 0 Å². The number of hydrogen-bond donors (Lipinski definition) is 2. The molecular formula is C33H48O6. The summed E-state index contributed by atoms with van der Waals surface area (Å²) >= 11 is 0. The maximum Gasteiger partial charge on any atom is 0.317 e. The average Bonchev–Trinajstić information content (AvgIpc) is 2.74. The maximum atomic E-state index is 12.5. The van der Waals surface area contributed by atoms with Gasteiger partial charge in [0.15, 0.2) is 0 Å². The Morgan fingerprint density at radius 3 is 0.974 bits per heavy atom. The summed E-state index contributed by atoms with van der Waals surface area (Å²) in [6.07, 6.45) is -0.507. The van der Waals surface area contributed by atoms with Gasteiger partial charge < -0.3 is 19.7 Å². The molecule has 0 aliphatic heterocycles. The molecule has 0 unspecified atom stereocenters. The van der Waals surface area contributed by atoms with Crippen molar-refractivity contribution in [2.75, 3.05) is 0 Å². The van der Waals surface area contributed by atoms with E-state index in [-0.39, 0.29) is 46.4 Å². The summed E-state index contributed by atoms with van der Waals surface area (Å²) < 4.78 is 10.8. The molecule has 0 saturated carbocycles. The van der Waals surface area contributed by atoms with Crippen molar-refractivity contribution in [2.24, 2.45) is 0 Å². The van der Waals surface area contributed by atoms with Gasteiger partial charge >= 0.3 is 11.9 Å². The predicted octanol–water partition coefficient (Wildman–Crippen LogP) is 7.46. The zero-order chi connectivity index (χ0) is 30.1. The summed E-state index contributed by atoms with van der Waals surface area (Å²) in [5.41, 5.74) is 3.39. The van der Waals surface area contributed by atoms with E-state index in [1.807, 2.05) is 107 Å². The molecule has 6 nitrogen and oxygen atoms in total. The van der Waals surface area contributed by atoms with E-state index >= 15 is 0 Å². The van der Waals surface area contributed by atoms with E-state index in [9.17, 15) is 19.8 Å². The van der Waals surface area contributed by atoms with E-state index in [0.717, 1.165) is 33.4 Å². The van der Waals surface area contributed by atoms with Crippen LogP contribution in [0.3, 0.4) is 0 Å². The van der Waals surface area contributed by atoms with Crippen LogP contribution in [0.1, 0.15) is 123 Å². The molecule has 0 bridgehead atoms. The summed E-state index contributed by atoms with van der Waals surface area (Å²) in [6.45, 7) is 24.2. The van der Waals surface area contributed by atoms with Crippen LogP contribution in [-0.4, -0.2) is 22.2 Å². The van der Waals surface area contributed by atoms with Gasteiger partial charge in [-0.3, -0.25) is 9.59 Å². The lowest BCUT2D eigenvalue weighted by Gasteiger charge is -2.28. The monoisotopic (exact) mass is 540 g/mol. The highest BCUT2D eigenvalue weighted by atomic mass is 16.6. The lowest BCUT2D eigenvalue weighted by molar-refractivity contribution is -0.156. The van der Waals surface area contributed by atoms with Gasteiger partial charge in [-0.1, -0.05) is 83.1 Å². The fraction of sp³-hybridized carbons (Fsp3) is 0.576. The van der Waals surface area contributed by atoms with Crippen LogP contribution in [0.2, 0.25) is 0 Å². The van der Waals surface area contributed by atoms with Crippen molar-refractivity contribution in [1.82, 2.24) is 0 Å². The van der Waals surface area contributed by atoms with E-state index < -0.39 is 18.4 Å². The van der Waals surface area contributed by atoms with Gasteiger partial charge in [-0.15, -0.1) is 0 Å². The summed E-state index contributed by atoms with van der Waals surface area (Å²) in [4.78, 5) is 25.0. The van der Waals surface area contributed by atoms with Crippen LogP contribution in [0.4, 0.5) is 0 Å². The highest BCUT2D eigenvalue weighted by molar-refractivity contribution is 5.91. The van der Waals surface area contributed by atoms with Crippen LogP contribution in [0.15, 0.2) is 24.3 Å². The lowest BCUT2D eigenvalue weighted by Crippen LogP contribution is -2.19. The van der Waals surface area contributed by atoms with Gasteiger partial charge in [-0.25, -0.2) is 0 Å². The van der Waals surface area contributed by atoms with Crippen molar-refractivity contribution < 1.29 is 29.3 Å². The minimum Gasteiger partial charge on any atom is -0.507 e. The van der Waals surface area contributed by atoms with Crippen LogP contribution in [-0.2, 0) is 53.9 Å². The first-order valence-corrected chi connectivity index (χ1v) is 13.6. The number of carbonyl (C=O) groups is 2. The highest BCUT2D eigenvalue weighted by Crippen LogP contribution is 2.41. The smallest absolute Gasteiger partial charge is 0.317 e. The van der Waals surface area contributed by atoms with Crippen molar-refractivity contribution in [3.8, 4) is 11.5 Å². The Bertz CT molecular complexity index is 1050. The third-order valence-corrected chi connectivity index (χ3v) is 6.66. The molecule has 0 aromatic heterocycles. The van der Waals surface area contributed by atoms with E-state index in [1.54, 1.807) is 0 Å². The van der Waals surface area contributed by atoms with Crippen molar-refractivity contribution in [1.29, 1.82) is 0 Å². The molecule has 2 N–H and O–H groups in total. The van der Waals surface area contributed by atoms with E-state index in [1.165, 1.54) is 0 Å². The first-order valence-electron chi connectivity index (χ1n) is 13.6. The molecule has 0 saturated heterocycles. The Hall–Kier alpha value is -3.02. The molecule has 0 amide bonds. The normalized spacial score (nSPS) is 12.8. The molecule has 0 aliphatic rings. The Morgan fingerprint density at radius 2 is 0.769 bits per heavy atom. The third-order valence-electron chi connectivity index (χ3n) is 6.66. The summed E-state index contributed by atoms with van der Waals surface area (Å²) in [5.74, 6) is -0.849. The molecule has 0 aliphatic carbocycles. The predicted molar refractivity (Wildman–Crippen MR) is 155 cm³/mol. The number of carbonyl (C=O) groups excluding carboxylic acids is 2. The first-order chi connectivity index (χ1) is 17.5. The van der Waals surface area contributed by atoms with Gasteiger partial charge in [0.2, 0.25) is 0 Å². The number of ether oxygens (including phenoxy) is 2. The molecular weight excluding hydrogens is 492 g/mol. The Balaban J connectivity index is 2.12. The van der Waals surface area contributed by atoms with Crippen LogP contribution >= 0.6 is 0 Å². The topological polar surface area (TPSA) is 93.1 Å². The molecule has 0 atom stereocenters. The number of phenolic OH excluding ortho intramolecular Hbond substituents is 2. The minimum atomic E-state index is -0.681. The molecule has 2 aromatic carbocycles. The van der Waals surface area contributed by atoms with E-state index in [2.05, 4.69) is 0 Å². The fourth-order valence-electron chi connectivity index (χ4n) is 4.39. The van der Waals surface area contributed by atoms with Crippen molar-refractivity contribution >= 4 is 11.9 Å². The maximum absolute atomic E-state index is 12.5. The molecule has 2 rings (SSSR count). The number of benzene rings is 2. The number of esters is 2. The minimum absolute atomic E-state index is 0.0135. The van der Waals surface area contributed by atoms with Gasteiger partial charge in [0.1, 0.15) is 31.1 Å². The summed E-state index contributed by atoms with van der Waals surface area (Å²) in [6, 6.07) is 7.39. The highest BCUT2D eigenvalue weighted by Gasteiger charge is 2.28. The van der Waals surface area contributed by atoms with Gasteiger partial charge in [0, 0.05) is 0 Å². The second kappa shape index (κ2) is 11.2. The molecule has 39 heavy (non-hydrogen) atoms. The quantitative estimate of drug-likeness (QED) is 0.292. The first kappa shape index (κ1) is 32.2. The fourth-order valence-corrected chi connectivity index (χ4v) is 4.39. The second-order valence-electron chi connectivity index (χ2n) is 14.6. The molecule has 0 radical (unpaired) electrons. The zero-order valence-corrected chi connectivity index (χ0v) is 26.0. The van der Waals surface area contributed by atoms with Gasteiger partial charge in [0.25, 0.3) is 0 Å². The number of phenols is 2. The van der Waals surface area contributed by atoms with Gasteiger partial charge in [-0.05, 0) is 79.3 Å². The molecule has 216 valence electrons. The van der Waals surface area contributed by atoms with Crippen LogP contribution in [0, 0.1) is 0 Å². The van der Waals surface area contributed by atoms with Crippen LogP contribution in [0.5, 0.6) is 11.5 Å². The summed E-state index contributed by atoms with van der Waals surface area (Å²) in [5, 5.41) is 21.8. The van der Waals surface area contributed by atoms with Gasteiger partial charge in [-0.2, -0.15) is 0 Å². The standard InChI is InChI=1S/C33H48O6/c1-30(2,3)22-13-20(14-23(28(22)36)31(4,5)6)18-38-26(34)17-27(35)39-19-21-15-24(32(7,8)9)29(37)25(16-21)33(10,11)12/h13-16,36-37H,17-19H2,1-12H3. The SMILES string of the molecule is CC(C)(C)c1cc(COC(=O)CC(=O)OCc2cc(C(C)(C)C)c(O)c(C(C)(C)C)c2)cc(C(C)(C)C)c1O. The van der Waals surface area contributed by atoms with Crippen molar-refractivity contribution in [2.45, 2.75) is 124 Å². The van der Waals surface area contributed by atoms with Crippen molar-refractivity contribution in [3.05, 3.63) is 57.6 Å².